The zero-order chi connectivity index (χ0) is 24.9. The fraction of sp³-hybridized carbons (Fsp3) is 0.100. The predicted molar refractivity (Wildman–Crippen MR) is 122 cm³/mol. The van der Waals surface area contributed by atoms with E-state index in [0.29, 0.717) is 22.8 Å². The highest BCUT2D eigenvalue weighted by Gasteiger charge is 2.18. The van der Waals surface area contributed by atoms with E-state index in [1.165, 1.54) is 61.7 Å². The van der Waals surface area contributed by atoms with Crippen LogP contribution in [0.2, 0.25) is 0 Å². The standard InChI is InChI=1S/C20H16N4O7S3/c1-30-15-7-9-17(10-8-15)34(28,29)31-16-5-3-13(4-6-16)11-14(12-21)18(25)22-19-23-20(24-32-19)33(2,26)27/h3-11H,1-2H3,(H,22,23,24,25). The fourth-order valence-electron chi connectivity index (χ4n) is 2.43. The number of nitrogens with one attached hydrogen (secondary N) is 1. The number of ether oxygens (including phenoxy) is 1. The number of hydrogen-bond acceptors (Lipinski definition) is 11. The van der Waals surface area contributed by atoms with Crippen molar-refractivity contribution in [2.45, 2.75) is 10.1 Å². The van der Waals surface area contributed by atoms with E-state index in [2.05, 4.69) is 14.7 Å². The normalized spacial score (nSPS) is 12.0. The summed E-state index contributed by atoms with van der Waals surface area (Å²) in [7, 11) is -6.25. The first-order valence-corrected chi connectivity index (χ1v) is 13.2. The van der Waals surface area contributed by atoms with Gasteiger partial charge in [-0.1, -0.05) is 12.1 Å². The van der Waals surface area contributed by atoms with E-state index in [4.69, 9.17) is 8.92 Å². The maximum absolute atomic E-state index is 12.4. The summed E-state index contributed by atoms with van der Waals surface area (Å²) in [6.45, 7) is 0. The van der Waals surface area contributed by atoms with Crippen LogP contribution in [0.15, 0.2) is 64.2 Å². The number of carbonyl (C=O) groups excluding carboxylic acids is 1. The number of methoxy groups -OCH3 is 1. The average Bonchev–Trinajstić information content (AvgIpc) is 3.27. The van der Waals surface area contributed by atoms with Crippen LogP contribution >= 0.6 is 11.5 Å². The molecule has 11 nitrogen and oxygen atoms in total. The molecule has 0 radical (unpaired) electrons. The first-order chi connectivity index (χ1) is 16.0. The van der Waals surface area contributed by atoms with E-state index in [1.807, 2.05) is 0 Å². The van der Waals surface area contributed by atoms with Gasteiger partial charge in [-0.2, -0.15) is 23.0 Å². The summed E-state index contributed by atoms with van der Waals surface area (Å²) in [5, 5.41) is 11.1. The summed E-state index contributed by atoms with van der Waals surface area (Å²) in [4.78, 5) is 16.0. The third kappa shape index (κ3) is 6.16. The van der Waals surface area contributed by atoms with Gasteiger partial charge in [-0.05, 0) is 48.0 Å². The van der Waals surface area contributed by atoms with Crippen molar-refractivity contribution < 1.29 is 30.6 Å². The first kappa shape index (κ1) is 24.8. The Labute approximate surface area is 199 Å². The molecule has 0 fully saturated rings. The lowest BCUT2D eigenvalue weighted by Gasteiger charge is -2.08. The van der Waals surface area contributed by atoms with Gasteiger partial charge in [-0.3, -0.25) is 10.1 Å². The first-order valence-electron chi connectivity index (χ1n) is 9.17. The van der Waals surface area contributed by atoms with E-state index in [1.54, 1.807) is 6.07 Å². The van der Waals surface area contributed by atoms with Crippen molar-refractivity contribution in [3.05, 3.63) is 59.7 Å². The van der Waals surface area contributed by atoms with Gasteiger partial charge in [0.05, 0.1) is 7.11 Å². The summed E-state index contributed by atoms with van der Waals surface area (Å²) in [5.41, 5.74) is 0.116. The van der Waals surface area contributed by atoms with E-state index in [-0.39, 0.29) is 21.3 Å². The van der Waals surface area contributed by atoms with Crippen molar-refractivity contribution in [1.82, 2.24) is 9.36 Å². The summed E-state index contributed by atoms with van der Waals surface area (Å²) in [5.74, 6) is -0.298. The maximum atomic E-state index is 12.4. The van der Waals surface area contributed by atoms with E-state index in [9.17, 15) is 26.9 Å². The van der Waals surface area contributed by atoms with Gasteiger partial charge in [0.2, 0.25) is 15.0 Å². The van der Waals surface area contributed by atoms with Gasteiger partial charge in [0.1, 0.15) is 28.0 Å². The van der Waals surface area contributed by atoms with Crippen LogP contribution in [0.25, 0.3) is 6.08 Å². The smallest absolute Gasteiger partial charge is 0.339 e. The molecule has 1 amide bonds. The summed E-state index contributed by atoms with van der Waals surface area (Å²) in [6.07, 6.45) is 2.19. The average molecular weight is 521 g/mol. The molecule has 0 saturated heterocycles. The van der Waals surface area contributed by atoms with Crippen LogP contribution in [0.3, 0.4) is 0 Å². The van der Waals surface area contributed by atoms with Crippen molar-refractivity contribution >= 4 is 48.6 Å². The molecule has 34 heavy (non-hydrogen) atoms. The molecule has 3 aromatic rings. The molecule has 0 saturated carbocycles. The number of sulfone groups is 1. The van der Waals surface area contributed by atoms with E-state index in [0.717, 1.165) is 6.26 Å². The second-order valence-corrected chi connectivity index (χ2v) is 10.8. The molecule has 0 unspecified atom stereocenters. The fourth-order valence-corrected chi connectivity index (χ4v) is 4.80. The van der Waals surface area contributed by atoms with Crippen molar-refractivity contribution in [2.24, 2.45) is 0 Å². The Morgan fingerprint density at radius 3 is 2.21 bits per heavy atom. The van der Waals surface area contributed by atoms with Gasteiger partial charge in [0, 0.05) is 17.8 Å². The summed E-state index contributed by atoms with van der Waals surface area (Å²) in [6, 6.07) is 13.0. The molecule has 0 atom stereocenters. The lowest BCUT2D eigenvalue weighted by Crippen LogP contribution is -2.13. The van der Waals surface area contributed by atoms with E-state index >= 15 is 0 Å². The molecule has 1 N–H and O–H groups in total. The van der Waals surface area contributed by atoms with Gasteiger partial charge in [0.15, 0.2) is 0 Å². The number of nitrogens with zero attached hydrogens (tertiary/aromatic N) is 3. The zero-order valence-electron chi connectivity index (χ0n) is 17.6. The molecule has 0 aliphatic rings. The van der Waals surface area contributed by atoms with Crippen LogP contribution in [-0.2, 0) is 24.7 Å². The van der Waals surface area contributed by atoms with Crippen LogP contribution in [-0.4, -0.2) is 45.5 Å². The van der Waals surface area contributed by atoms with Crippen LogP contribution in [0.5, 0.6) is 11.5 Å². The molecular weight excluding hydrogens is 504 g/mol. The van der Waals surface area contributed by atoms with Crippen LogP contribution in [0.1, 0.15) is 5.56 Å². The molecule has 0 bridgehead atoms. The van der Waals surface area contributed by atoms with Crippen molar-refractivity contribution in [3.8, 4) is 17.6 Å². The van der Waals surface area contributed by atoms with Crippen molar-refractivity contribution in [3.63, 3.8) is 0 Å². The van der Waals surface area contributed by atoms with Gasteiger partial charge in [-0.15, -0.1) is 0 Å². The topological polar surface area (TPSA) is 165 Å². The maximum Gasteiger partial charge on any atom is 0.339 e. The molecular formula is C20H16N4O7S3. The summed E-state index contributed by atoms with van der Waals surface area (Å²) >= 11 is 0.657. The van der Waals surface area contributed by atoms with Crippen LogP contribution in [0.4, 0.5) is 5.13 Å². The quantitative estimate of drug-likeness (QED) is 0.264. The number of aromatic nitrogens is 2. The Balaban J connectivity index is 1.72. The molecule has 0 aliphatic carbocycles. The van der Waals surface area contributed by atoms with Crippen molar-refractivity contribution in [2.75, 3.05) is 18.7 Å². The molecule has 1 heterocycles. The third-order valence-electron chi connectivity index (χ3n) is 4.07. The van der Waals surface area contributed by atoms with Gasteiger partial charge in [-0.25, -0.2) is 8.42 Å². The number of rotatable bonds is 8. The van der Waals surface area contributed by atoms with Gasteiger partial charge < -0.3 is 8.92 Å². The number of anilines is 1. The minimum atomic E-state index is -4.08. The Morgan fingerprint density at radius 2 is 1.68 bits per heavy atom. The zero-order valence-corrected chi connectivity index (χ0v) is 20.1. The Bertz CT molecular complexity index is 1490. The Kier molecular flexibility index (Phi) is 7.30. The molecule has 3 rings (SSSR count). The van der Waals surface area contributed by atoms with Gasteiger partial charge in [0.25, 0.3) is 11.1 Å². The molecule has 0 spiro atoms. The van der Waals surface area contributed by atoms with Crippen LogP contribution < -0.4 is 14.2 Å². The van der Waals surface area contributed by atoms with Crippen LogP contribution in [0, 0.1) is 11.3 Å². The van der Waals surface area contributed by atoms with Gasteiger partial charge >= 0.3 is 10.1 Å². The number of benzene rings is 2. The number of carbonyl (C=O) groups is 1. The number of amides is 1. The molecule has 2 aromatic carbocycles. The third-order valence-corrected chi connectivity index (χ3v) is 6.92. The molecule has 14 heteroatoms. The minimum Gasteiger partial charge on any atom is -0.497 e. The highest BCUT2D eigenvalue weighted by Crippen LogP contribution is 2.22. The number of hydrogen-bond donors (Lipinski definition) is 1. The Hall–Kier alpha value is -3.80. The predicted octanol–water partition coefficient (Wildman–Crippen LogP) is 2.26. The lowest BCUT2D eigenvalue weighted by atomic mass is 10.1. The minimum absolute atomic E-state index is 0.0260. The molecule has 1 aromatic heterocycles. The number of nitriles is 1. The second-order valence-electron chi connectivity index (χ2n) is 6.56. The monoisotopic (exact) mass is 520 g/mol. The second kappa shape index (κ2) is 10.00. The highest BCUT2D eigenvalue weighted by atomic mass is 32.2. The van der Waals surface area contributed by atoms with Crippen molar-refractivity contribution in [1.29, 1.82) is 5.26 Å². The SMILES string of the molecule is COc1ccc(S(=O)(=O)Oc2ccc(C=C(C#N)C(=O)Nc3nc(S(C)(=O)=O)ns3)cc2)cc1. The largest absolute Gasteiger partial charge is 0.497 e. The molecule has 0 aliphatic heterocycles. The molecule has 176 valence electrons. The highest BCUT2D eigenvalue weighted by molar-refractivity contribution is 7.90. The Morgan fingerprint density at radius 1 is 1.06 bits per heavy atom. The lowest BCUT2D eigenvalue weighted by molar-refractivity contribution is -0.112. The van der Waals surface area contributed by atoms with E-state index < -0.39 is 31.0 Å². The summed E-state index contributed by atoms with van der Waals surface area (Å²) < 4.78 is 61.4.